The SMILES string of the molecule is O=C(Nc1ncnc2c1ncn2[C@H]1C[C@H](O)[C@@H](CN2C(=O)c3ccccc3C2=O)O1)c1ccccc1. The average Bonchev–Trinajstić information content (AvgIpc) is 3.56. The third kappa shape index (κ3) is 3.61. The summed E-state index contributed by atoms with van der Waals surface area (Å²) in [6.07, 6.45) is 0.666. The summed E-state index contributed by atoms with van der Waals surface area (Å²) in [5, 5.41) is 13.4. The zero-order valence-electron chi connectivity index (χ0n) is 18.8. The molecule has 2 aliphatic rings. The fourth-order valence-electron chi connectivity index (χ4n) is 4.56. The highest BCUT2D eigenvalue weighted by Gasteiger charge is 2.42. The van der Waals surface area contributed by atoms with Crippen molar-refractivity contribution in [2.75, 3.05) is 11.9 Å². The zero-order chi connectivity index (χ0) is 24.8. The fraction of sp³-hybridized carbons (Fsp3) is 0.200. The van der Waals surface area contributed by atoms with Crippen LogP contribution in [0.3, 0.4) is 0 Å². The highest BCUT2D eigenvalue weighted by atomic mass is 16.5. The molecule has 180 valence electrons. The van der Waals surface area contributed by atoms with Gasteiger partial charge in [-0.15, -0.1) is 0 Å². The molecule has 0 aliphatic carbocycles. The number of nitrogens with zero attached hydrogens (tertiary/aromatic N) is 5. The Morgan fingerprint density at radius 2 is 1.69 bits per heavy atom. The number of amides is 3. The molecule has 36 heavy (non-hydrogen) atoms. The number of imide groups is 1. The first-order valence-electron chi connectivity index (χ1n) is 11.3. The Morgan fingerprint density at radius 3 is 2.42 bits per heavy atom. The summed E-state index contributed by atoms with van der Waals surface area (Å²) in [5.41, 5.74) is 1.93. The van der Waals surface area contributed by atoms with Crippen molar-refractivity contribution in [3.8, 4) is 0 Å². The Kier molecular flexibility index (Phi) is 5.28. The van der Waals surface area contributed by atoms with Crippen LogP contribution in [0.25, 0.3) is 11.2 Å². The minimum absolute atomic E-state index is 0.0794. The quantitative estimate of drug-likeness (QED) is 0.410. The van der Waals surface area contributed by atoms with Gasteiger partial charge in [0.05, 0.1) is 30.1 Å². The highest BCUT2D eigenvalue weighted by Crippen LogP contribution is 2.33. The number of hydrogen-bond donors (Lipinski definition) is 2. The van der Waals surface area contributed by atoms with E-state index in [0.717, 1.165) is 4.90 Å². The summed E-state index contributed by atoms with van der Waals surface area (Å²) >= 11 is 0. The van der Waals surface area contributed by atoms with Crippen molar-refractivity contribution in [1.29, 1.82) is 0 Å². The van der Waals surface area contributed by atoms with Crippen molar-refractivity contribution < 1.29 is 24.2 Å². The van der Waals surface area contributed by atoms with Crippen LogP contribution in [0, 0.1) is 0 Å². The molecule has 2 aliphatic heterocycles. The van der Waals surface area contributed by atoms with Gasteiger partial charge in [0.1, 0.15) is 18.7 Å². The minimum Gasteiger partial charge on any atom is -0.390 e. The maximum atomic E-state index is 12.7. The van der Waals surface area contributed by atoms with Crippen LogP contribution >= 0.6 is 0 Å². The van der Waals surface area contributed by atoms with Gasteiger partial charge in [0.25, 0.3) is 17.7 Å². The average molecular weight is 484 g/mol. The molecular formula is C25H20N6O5. The Morgan fingerprint density at radius 1 is 1.00 bits per heavy atom. The number of carbonyl (C=O) groups is 3. The Labute approximate surface area is 204 Å². The van der Waals surface area contributed by atoms with E-state index in [9.17, 15) is 19.5 Å². The number of aliphatic hydroxyl groups is 1. The van der Waals surface area contributed by atoms with Crippen molar-refractivity contribution >= 4 is 34.7 Å². The standard InChI is InChI=1S/C25H20N6O5/c32-17-10-19(36-18(17)11-30-24(34)15-8-4-5-9-16(15)25(30)35)31-13-28-20-21(26-12-27-22(20)31)29-23(33)14-6-2-1-3-7-14/h1-9,12-13,17-19,32H,10-11H2,(H,26,27,29,33)/t17-,18+,19+/m0/s1. The molecule has 0 saturated carbocycles. The number of anilines is 1. The van der Waals surface area contributed by atoms with Crippen LogP contribution in [0.2, 0.25) is 0 Å². The number of imidazole rings is 1. The summed E-state index contributed by atoms with van der Waals surface area (Å²) in [4.78, 5) is 51.9. The van der Waals surface area contributed by atoms with Gasteiger partial charge < -0.3 is 15.2 Å². The van der Waals surface area contributed by atoms with E-state index in [1.54, 1.807) is 53.1 Å². The second kappa shape index (κ2) is 8.63. The number of aromatic nitrogens is 4. The van der Waals surface area contributed by atoms with Crippen LogP contribution in [0.5, 0.6) is 0 Å². The van der Waals surface area contributed by atoms with Crippen molar-refractivity contribution in [1.82, 2.24) is 24.4 Å². The first kappa shape index (κ1) is 22.0. The molecular weight excluding hydrogens is 464 g/mol. The van der Waals surface area contributed by atoms with Crippen LogP contribution in [-0.4, -0.2) is 66.0 Å². The predicted molar refractivity (Wildman–Crippen MR) is 126 cm³/mol. The predicted octanol–water partition coefficient (Wildman–Crippen LogP) is 2.02. The fourth-order valence-corrected chi connectivity index (χ4v) is 4.56. The summed E-state index contributed by atoms with van der Waals surface area (Å²) in [6.45, 7) is -0.0794. The van der Waals surface area contributed by atoms with Crippen LogP contribution in [0.1, 0.15) is 43.7 Å². The highest BCUT2D eigenvalue weighted by molar-refractivity contribution is 6.21. The van der Waals surface area contributed by atoms with Gasteiger partial charge >= 0.3 is 0 Å². The molecule has 0 unspecified atom stereocenters. The summed E-state index contributed by atoms with van der Waals surface area (Å²) in [6, 6.07) is 15.3. The van der Waals surface area contributed by atoms with Crippen LogP contribution in [0.4, 0.5) is 5.82 Å². The molecule has 3 amide bonds. The molecule has 2 aromatic carbocycles. The molecule has 1 saturated heterocycles. The summed E-state index contributed by atoms with van der Waals surface area (Å²) < 4.78 is 7.69. The molecule has 11 nitrogen and oxygen atoms in total. The lowest BCUT2D eigenvalue weighted by molar-refractivity contribution is -0.0275. The lowest BCUT2D eigenvalue weighted by atomic mass is 10.1. The van der Waals surface area contributed by atoms with Crippen molar-refractivity contribution in [2.24, 2.45) is 0 Å². The monoisotopic (exact) mass is 484 g/mol. The first-order chi connectivity index (χ1) is 17.5. The van der Waals surface area contributed by atoms with Gasteiger partial charge in [0, 0.05) is 12.0 Å². The molecule has 2 aromatic heterocycles. The van der Waals surface area contributed by atoms with Gasteiger partial charge in [0.15, 0.2) is 17.0 Å². The first-order valence-corrected chi connectivity index (χ1v) is 11.3. The number of benzene rings is 2. The van der Waals surface area contributed by atoms with E-state index < -0.39 is 30.3 Å². The maximum absolute atomic E-state index is 12.7. The van der Waals surface area contributed by atoms with Crippen LogP contribution in [0.15, 0.2) is 67.3 Å². The summed E-state index contributed by atoms with van der Waals surface area (Å²) in [7, 11) is 0. The van der Waals surface area contributed by atoms with Gasteiger partial charge in [-0.05, 0) is 24.3 Å². The second-order valence-corrected chi connectivity index (χ2v) is 8.57. The molecule has 0 spiro atoms. The lowest BCUT2D eigenvalue weighted by Crippen LogP contribution is -2.40. The number of aliphatic hydroxyl groups excluding tert-OH is 1. The van der Waals surface area contributed by atoms with E-state index in [4.69, 9.17) is 4.74 Å². The van der Waals surface area contributed by atoms with Gasteiger partial charge in [-0.1, -0.05) is 30.3 Å². The van der Waals surface area contributed by atoms with E-state index in [1.165, 1.54) is 12.7 Å². The van der Waals surface area contributed by atoms with Crippen molar-refractivity contribution in [2.45, 2.75) is 24.9 Å². The number of rotatable bonds is 5. The number of ether oxygens (including phenoxy) is 1. The van der Waals surface area contributed by atoms with E-state index in [-0.39, 0.29) is 24.7 Å². The maximum Gasteiger partial charge on any atom is 0.261 e. The second-order valence-electron chi connectivity index (χ2n) is 8.57. The number of carbonyl (C=O) groups excluding carboxylic acids is 3. The van der Waals surface area contributed by atoms with E-state index in [0.29, 0.717) is 27.9 Å². The molecule has 0 radical (unpaired) electrons. The van der Waals surface area contributed by atoms with Crippen LogP contribution < -0.4 is 5.32 Å². The van der Waals surface area contributed by atoms with E-state index >= 15 is 0 Å². The normalized spacial score (nSPS) is 21.2. The van der Waals surface area contributed by atoms with Crippen LogP contribution in [-0.2, 0) is 4.74 Å². The van der Waals surface area contributed by atoms with Gasteiger partial charge in [-0.25, -0.2) is 15.0 Å². The molecule has 0 bridgehead atoms. The topological polar surface area (TPSA) is 140 Å². The zero-order valence-corrected chi connectivity index (χ0v) is 18.8. The molecule has 6 rings (SSSR count). The van der Waals surface area contributed by atoms with Crippen molar-refractivity contribution in [3.05, 3.63) is 83.9 Å². The lowest BCUT2D eigenvalue weighted by Gasteiger charge is -2.21. The Hall–Kier alpha value is -4.48. The van der Waals surface area contributed by atoms with Gasteiger partial charge in [-0.2, -0.15) is 0 Å². The minimum atomic E-state index is -0.921. The van der Waals surface area contributed by atoms with E-state index in [2.05, 4.69) is 20.3 Å². The summed E-state index contributed by atoms with van der Waals surface area (Å²) in [5.74, 6) is -0.906. The number of nitrogens with one attached hydrogen (secondary N) is 1. The Balaban J connectivity index is 1.21. The van der Waals surface area contributed by atoms with Gasteiger partial charge in [0.2, 0.25) is 0 Å². The number of hydrogen-bond acceptors (Lipinski definition) is 8. The smallest absolute Gasteiger partial charge is 0.261 e. The largest absolute Gasteiger partial charge is 0.390 e. The third-order valence-corrected chi connectivity index (χ3v) is 6.38. The molecule has 4 aromatic rings. The van der Waals surface area contributed by atoms with Gasteiger partial charge in [-0.3, -0.25) is 23.9 Å². The molecule has 11 heteroatoms. The van der Waals surface area contributed by atoms with Crippen molar-refractivity contribution in [3.63, 3.8) is 0 Å². The van der Waals surface area contributed by atoms with E-state index in [1.807, 2.05) is 6.07 Å². The third-order valence-electron chi connectivity index (χ3n) is 6.38. The molecule has 1 fully saturated rings. The Bertz CT molecular complexity index is 1470. The molecule has 4 heterocycles. The molecule has 3 atom stereocenters. The number of fused-ring (bicyclic) bond motifs is 2. The molecule has 2 N–H and O–H groups in total.